The van der Waals surface area contributed by atoms with Crippen LogP contribution in [0.15, 0.2) is 36.4 Å². The molecule has 0 saturated carbocycles. The number of aryl methyl sites for hydroxylation is 2. The van der Waals surface area contributed by atoms with E-state index in [1.54, 1.807) is 12.1 Å². The quantitative estimate of drug-likeness (QED) is 0.806. The number of benzene rings is 1. The summed E-state index contributed by atoms with van der Waals surface area (Å²) in [4.78, 5) is 4.27. The van der Waals surface area contributed by atoms with E-state index in [1.165, 1.54) is 18.4 Å². The normalized spacial score (nSPS) is 10.1. The molecule has 2 aromatic rings. The minimum atomic E-state index is 0.369. The van der Waals surface area contributed by atoms with E-state index in [1.807, 2.05) is 19.1 Å². The number of ether oxygens (including phenoxy) is 1. The molecule has 1 aromatic heterocycles. The average molecular weight is 266 g/mol. The summed E-state index contributed by atoms with van der Waals surface area (Å²) >= 11 is 0. The molecule has 0 spiro atoms. The average Bonchev–Trinajstić information content (AvgIpc) is 2.47. The molecule has 0 unspecified atom stereocenters. The van der Waals surface area contributed by atoms with Gasteiger partial charge < -0.3 is 4.74 Å². The summed E-state index contributed by atoms with van der Waals surface area (Å²) in [5.74, 6) is 1.08. The Kier molecular flexibility index (Phi) is 4.73. The van der Waals surface area contributed by atoms with Crippen LogP contribution in [0.25, 0.3) is 0 Å². The van der Waals surface area contributed by atoms with Gasteiger partial charge in [-0.1, -0.05) is 25.5 Å². The number of hydrogen-bond acceptors (Lipinski definition) is 3. The molecule has 0 aliphatic rings. The zero-order chi connectivity index (χ0) is 14.4. The van der Waals surface area contributed by atoms with E-state index in [4.69, 9.17) is 10.00 Å². The standard InChI is InChI=1S/C17H18N2O/c1-3-4-5-14-7-10-16(11-8-14)20-17-15(12-18)9-6-13(2)19-17/h6-11H,3-5H2,1-2H3. The van der Waals surface area contributed by atoms with Gasteiger partial charge in [-0.3, -0.25) is 0 Å². The second-order valence-corrected chi connectivity index (χ2v) is 4.77. The fraction of sp³-hybridized carbons (Fsp3) is 0.294. The third-order valence-electron chi connectivity index (χ3n) is 3.08. The molecule has 0 fully saturated rings. The van der Waals surface area contributed by atoms with Crippen LogP contribution in [0.3, 0.4) is 0 Å². The van der Waals surface area contributed by atoms with Crippen molar-refractivity contribution < 1.29 is 4.74 Å². The van der Waals surface area contributed by atoms with Crippen molar-refractivity contribution >= 4 is 0 Å². The van der Waals surface area contributed by atoms with E-state index < -0.39 is 0 Å². The third kappa shape index (κ3) is 3.58. The van der Waals surface area contributed by atoms with E-state index in [0.29, 0.717) is 17.2 Å². The van der Waals surface area contributed by atoms with Gasteiger partial charge >= 0.3 is 0 Å². The predicted molar refractivity (Wildman–Crippen MR) is 78.8 cm³/mol. The molecular weight excluding hydrogens is 248 g/mol. The van der Waals surface area contributed by atoms with Gasteiger partial charge in [0.2, 0.25) is 5.88 Å². The monoisotopic (exact) mass is 266 g/mol. The highest BCUT2D eigenvalue weighted by Gasteiger charge is 2.06. The van der Waals surface area contributed by atoms with Gasteiger partial charge in [0.05, 0.1) is 0 Å². The van der Waals surface area contributed by atoms with Crippen LogP contribution in [0.4, 0.5) is 0 Å². The van der Waals surface area contributed by atoms with Crippen LogP contribution in [-0.2, 0) is 6.42 Å². The van der Waals surface area contributed by atoms with Gasteiger partial charge in [0.1, 0.15) is 17.4 Å². The second kappa shape index (κ2) is 6.72. The molecule has 0 amide bonds. The molecule has 1 heterocycles. The van der Waals surface area contributed by atoms with Crippen molar-refractivity contribution in [3.63, 3.8) is 0 Å². The second-order valence-electron chi connectivity index (χ2n) is 4.77. The Labute approximate surface area is 119 Å². The molecule has 0 radical (unpaired) electrons. The number of rotatable bonds is 5. The molecule has 2 rings (SSSR count). The van der Waals surface area contributed by atoms with Gasteiger partial charge in [-0.2, -0.15) is 5.26 Å². The molecule has 0 bridgehead atoms. The van der Waals surface area contributed by atoms with Crippen LogP contribution in [-0.4, -0.2) is 4.98 Å². The summed E-state index contributed by atoms with van der Waals surface area (Å²) in [6.45, 7) is 4.06. The minimum absolute atomic E-state index is 0.369. The van der Waals surface area contributed by atoms with Crippen molar-refractivity contribution in [1.29, 1.82) is 5.26 Å². The summed E-state index contributed by atoms with van der Waals surface area (Å²) < 4.78 is 5.71. The van der Waals surface area contributed by atoms with Crippen molar-refractivity contribution in [1.82, 2.24) is 4.98 Å². The van der Waals surface area contributed by atoms with Crippen molar-refractivity contribution in [2.75, 3.05) is 0 Å². The fourth-order valence-electron chi connectivity index (χ4n) is 1.91. The molecule has 0 aliphatic carbocycles. The smallest absolute Gasteiger partial charge is 0.237 e. The number of nitrogens with zero attached hydrogens (tertiary/aromatic N) is 2. The van der Waals surface area contributed by atoms with Crippen molar-refractivity contribution in [2.45, 2.75) is 33.1 Å². The Bertz CT molecular complexity index is 612. The molecule has 102 valence electrons. The van der Waals surface area contributed by atoms with Gasteiger partial charge in [-0.15, -0.1) is 0 Å². The summed E-state index contributed by atoms with van der Waals surface area (Å²) in [6, 6.07) is 13.6. The lowest BCUT2D eigenvalue weighted by molar-refractivity contribution is 0.460. The molecular formula is C17H18N2O. The molecule has 20 heavy (non-hydrogen) atoms. The summed E-state index contributed by atoms with van der Waals surface area (Å²) in [5, 5.41) is 9.06. The lowest BCUT2D eigenvalue weighted by Crippen LogP contribution is -1.94. The topological polar surface area (TPSA) is 45.9 Å². The minimum Gasteiger partial charge on any atom is -0.438 e. The van der Waals surface area contributed by atoms with E-state index in [0.717, 1.165) is 12.1 Å². The highest BCUT2D eigenvalue weighted by molar-refractivity contribution is 5.41. The van der Waals surface area contributed by atoms with Gasteiger partial charge in [-0.05, 0) is 49.6 Å². The zero-order valence-electron chi connectivity index (χ0n) is 11.9. The van der Waals surface area contributed by atoms with Crippen molar-refractivity contribution in [3.05, 3.63) is 53.2 Å². The highest BCUT2D eigenvalue weighted by Crippen LogP contribution is 2.23. The third-order valence-corrected chi connectivity index (χ3v) is 3.08. The molecule has 3 heteroatoms. The number of hydrogen-bond donors (Lipinski definition) is 0. The van der Waals surface area contributed by atoms with Gasteiger partial charge in [-0.25, -0.2) is 4.98 Å². The summed E-state index contributed by atoms with van der Waals surface area (Å²) in [7, 11) is 0. The Balaban J connectivity index is 2.14. The van der Waals surface area contributed by atoms with E-state index in [9.17, 15) is 0 Å². The first kappa shape index (κ1) is 14.1. The van der Waals surface area contributed by atoms with Gasteiger partial charge in [0.15, 0.2) is 0 Å². The molecule has 0 atom stereocenters. The number of aromatic nitrogens is 1. The highest BCUT2D eigenvalue weighted by atomic mass is 16.5. The number of unbranched alkanes of at least 4 members (excludes halogenated alkanes) is 1. The van der Waals surface area contributed by atoms with Gasteiger partial charge in [0, 0.05) is 5.69 Å². The molecule has 1 aromatic carbocycles. The van der Waals surface area contributed by atoms with Gasteiger partial charge in [0.25, 0.3) is 0 Å². The molecule has 0 saturated heterocycles. The first-order valence-corrected chi connectivity index (χ1v) is 6.87. The maximum absolute atomic E-state index is 9.06. The van der Waals surface area contributed by atoms with Crippen LogP contribution in [0.2, 0.25) is 0 Å². The summed E-state index contributed by atoms with van der Waals surface area (Å²) in [6.07, 6.45) is 3.47. The van der Waals surface area contributed by atoms with Crippen LogP contribution < -0.4 is 4.74 Å². The first-order valence-electron chi connectivity index (χ1n) is 6.87. The van der Waals surface area contributed by atoms with Crippen LogP contribution in [0.1, 0.15) is 36.6 Å². The molecule has 3 nitrogen and oxygen atoms in total. The van der Waals surface area contributed by atoms with E-state index >= 15 is 0 Å². The van der Waals surface area contributed by atoms with Crippen LogP contribution in [0, 0.1) is 18.3 Å². The Morgan fingerprint density at radius 1 is 1.15 bits per heavy atom. The van der Waals surface area contributed by atoms with E-state index in [-0.39, 0.29) is 0 Å². The first-order chi connectivity index (χ1) is 9.72. The predicted octanol–water partition coefficient (Wildman–Crippen LogP) is 4.40. The fourth-order valence-corrected chi connectivity index (χ4v) is 1.91. The van der Waals surface area contributed by atoms with Crippen LogP contribution >= 0.6 is 0 Å². The van der Waals surface area contributed by atoms with Crippen LogP contribution in [0.5, 0.6) is 11.6 Å². The Morgan fingerprint density at radius 2 is 1.90 bits per heavy atom. The zero-order valence-corrected chi connectivity index (χ0v) is 11.9. The Hall–Kier alpha value is -2.34. The maximum atomic E-state index is 9.06. The lowest BCUT2D eigenvalue weighted by Gasteiger charge is -2.08. The van der Waals surface area contributed by atoms with Crippen molar-refractivity contribution in [2.24, 2.45) is 0 Å². The molecule has 0 N–H and O–H groups in total. The summed E-state index contributed by atoms with van der Waals surface area (Å²) in [5.41, 5.74) is 2.58. The Morgan fingerprint density at radius 3 is 2.55 bits per heavy atom. The van der Waals surface area contributed by atoms with Crippen molar-refractivity contribution in [3.8, 4) is 17.7 Å². The number of nitriles is 1. The number of pyridine rings is 1. The lowest BCUT2D eigenvalue weighted by atomic mass is 10.1. The van der Waals surface area contributed by atoms with E-state index in [2.05, 4.69) is 30.1 Å². The largest absolute Gasteiger partial charge is 0.438 e. The SMILES string of the molecule is CCCCc1ccc(Oc2nc(C)ccc2C#N)cc1. The molecule has 0 aliphatic heterocycles. The maximum Gasteiger partial charge on any atom is 0.237 e.